The van der Waals surface area contributed by atoms with Crippen LogP contribution in [0.3, 0.4) is 0 Å². The fraction of sp³-hybridized carbons (Fsp3) is 0.214. The second-order valence-electron chi connectivity index (χ2n) is 3.93. The highest BCUT2D eigenvalue weighted by Gasteiger charge is 2.07. The molecule has 0 heterocycles. The summed E-state index contributed by atoms with van der Waals surface area (Å²) in [5.41, 5.74) is 1.61. The van der Waals surface area contributed by atoms with Gasteiger partial charge in [0.2, 0.25) is 5.91 Å². The van der Waals surface area contributed by atoms with Crippen molar-refractivity contribution in [2.75, 3.05) is 24.3 Å². The SMILES string of the molecule is C/C=C/C=C/C(=O)Nc1cc(Cl)ccc1N(C)C. The molecular weight excluding hydrogens is 248 g/mol. The molecule has 0 unspecified atom stereocenters. The molecule has 4 heteroatoms. The Bertz CT molecular complexity index is 479. The number of carbonyl (C=O) groups excluding carboxylic acids is 1. The van der Waals surface area contributed by atoms with Crippen LogP contribution in [0.15, 0.2) is 42.5 Å². The maximum atomic E-state index is 11.7. The molecule has 3 nitrogen and oxygen atoms in total. The van der Waals surface area contributed by atoms with Gasteiger partial charge in [0.15, 0.2) is 0 Å². The molecule has 0 saturated heterocycles. The molecule has 96 valence electrons. The Morgan fingerprint density at radius 3 is 2.67 bits per heavy atom. The molecule has 1 aromatic rings. The van der Waals surface area contributed by atoms with Gasteiger partial charge < -0.3 is 10.2 Å². The van der Waals surface area contributed by atoms with Crippen molar-refractivity contribution in [3.8, 4) is 0 Å². The monoisotopic (exact) mass is 264 g/mol. The lowest BCUT2D eigenvalue weighted by molar-refractivity contribution is -0.111. The molecule has 1 aromatic carbocycles. The van der Waals surface area contributed by atoms with Crippen LogP contribution >= 0.6 is 11.6 Å². The Morgan fingerprint density at radius 2 is 2.06 bits per heavy atom. The first-order chi connectivity index (χ1) is 8.54. The highest BCUT2D eigenvalue weighted by atomic mass is 35.5. The summed E-state index contributed by atoms with van der Waals surface area (Å²) in [6.45, 7) is 1.89. The third-order valence-corrected chi connectivity index (χ3v) is 2.48. The van der Waals surface area contributed by atoms with E-state index in [1.54, 1.807) is 24.3 Å². The van der Waals surface area contributed by atoms with E-state index in [2.05, 4.69) is 5.32 Å². The summed E-state index contributed by atoms with van der Waals surface area (Å²) >= 11 is 5.93. The van der Waals surface area contributed by atoms with Crippen molar-refractivity contribution in [3.63, 3.8) is 0 Å². The third-order valence-electron chi connectivity index (χ3n) is 2.25. The third kappa shape index (κ3) is 4.26. The van der Waals surface area contributed by atoms with Gasteiger partial charge in [0.05, 0.1) is 11.4 Å². The number of rotatable bonds is 4. The average Bonchev–Trinajstić information content (AvgIpc) is 2.29. The molecule has 0 radical (unpaired) electrons. The van der Waals surface area contributed by atoms with Crippen molar-refractivity contribution < 1.29 is 4.79 Å². The average molecular weight is 265 g/mol. The molecule has 0 fully saturated rings. The number of allylic oxidation sites excluding steroid dienone is 3. The van der Waals surface area contributed by atoms with Crippen LogP contribution in [-0.4, -0.2) is 20.0 Å². The minimum Gasteiger partial charge on any atom is -0.376 e. The van der Waals surface area contributed by atoms with Crippen LogP contribution in [0.4, 0.5) is 11.4 Å². The smallest absolute Gasteiger partial charge is 0.248 e. The quantitative estimate of drug-likeness (QED) is 0.667. The van der Waals surface area contributed by atoms with E-state index in [0.29, 0.717) is 10.7 Å². The maximum Gasteiger partial charge on any atom is 0.248 e. The number of halogens is 1. The van der Waals surface area contributed by atoms with Crippen molar-refractivity contribution in [1.82, 2.24) is 0 Å². The van der Waals surface area contributed by atoms with Crippen molar-refractivity contribution >= 4 is 28.9 Å². The van der Waals surface area contributed by atoms with Crippen LogP contribution < -0.4 is 10.2 Å². The number of nitrogens with one attached hydrogen (secondary N) is 1. The molecule has 0 aromatic heterocycles. The fourth-order valence-electron chi connectivity index (χ4n) is 1.43. The zero-order valence-electron chi connectivity index (χ0n) is 10.8. The van der Waals surface area contributed by atoms with Gasteiger partial charge in [-0.05, 0) is 25.1 Å². The summed E-state index contributed by atoms with van der Waals surface area (Å²) in [6.07, 6.45) is 6.81. The van der Waals surface area contributed by atoms with Crippen LogP contribution in [0.1, 0.15) is 6.92 Å². The number of hydrogen-bond acceptors (Lipinski definition) is 2. The summed E-state index contributed by atoms with van der Waals surface area (Å²) < 4.78 is 0. The van der Waals surface area contributed by atoms with Gasteiger partial charge in [-0.1, -0.05) is 29.8 Å². The summed E-state index contributed by atoms with van der Waals surface area (Å²) in [6, 6.07) is 5.40. The lowest BCUT2D eigenvalue weighted by Gasteiger charge is -2.17. The predicted molar refractivity (Wildman–Crippen MR) is 78.4 cm³/mol. The Morgan fingerprint density at radius 1 is 1.33 bits per heavy atom. The molecule has 0 aliphatic carbocycles. The number of anilines is 2. The molecule has 1 amide bonds. The van der Waals surface area contributed by atoms with E-state index in [-0.39, 0.29) is 5.91 Å². The van der Waals surface area contributed by atoms with Gasteiger partial charge in [0, 0.05) is 25.2 Å². The van der Waals surface area contributed by atoms with E-state index < -0.39 is 0 Å². The van der Waals surface area contributed by atoms with E-state index in [4.69, 9.17) is 11.6 Å². The van der Waals surface area contributed by atoms with Crippen molar-refractivity contribution in [2.45, 2.75) is 6.92 Å². The molecule has 0 spiro atoms. The topological polar surface area (TPSA) is 32.3 Å². The summed E-state index contributed by atoms with van der Waals surface area (Å²) in [4.78, 5) is 13.6. The van der Waals surface area contributed by atoms with Gasteiger partial charge in [-0.2, -0.15) is 0 Å². The predicted octanol–water partition coefficient (Wildman–Crippen LogP) is 3.48. The van der Waals surface area contributed by atoms with Crippen molar-refractivity contribution in [2.24, 2.45) is 0 Å². The largest absolute Gasteiger partial charge is 0.376 e. The first kappa shape index (κ1) is 14.3. The van der Waals surface area contributed by atoms with Crippen LogP contribution in [0, 0.1) is 0 Å². The standard InChI is InChI=1S/C14H17ClN2O/c1-4-5-6-7-14(18)16-12-10-11(15)8-9-13(12)17(2)3/h4-10H,1-3H3,(H,16,18)/b5-4+,7-6+. The van der Waals surface area contributed by atoms with Crippen LogP contribution in [0.25, 0.3) is 0 Å². The first-order valence-corrected chi connectivity index (χ1v) is 5.99. The van der Waals surface area contributed by atoms with E-state index in [1.807, 2.05) is 38.1 Å². The van der Waals surface area contributed by atoms with Crippen LogP contribution in [0.5, 0.6) is 0 Å². The van der Waals surface area contributed by atoms with Gasteiger partial charge in [-0.15, -0.1) is 0 Å². The van der Waals surface area contributed by atoms with E-state index in [1.165, 1.54) is 6.08 Å². The van der Waals surface area contributed by atoms with Crippen LogP contribution in [-0.2, 0) is 4.79 Å². The lowest BCUT2D eigenvalue weighted by Crippen LogP contribution is -2.15. The Labute approximate surface area is 113 Å². The Kier molecular flexibility index (Phi) is 5.46. The second-order valence-corrected chi connectivity index (χ2v) is 4.37. The highest BCUT2D eigenvalue weighted by molar-refractivity contribution is 6.31. The molecule has 0 bridgehead atoms. The van der Waals surface area contributed by atoms with E-state index in [0.717, 1.165) is 5.69 Å². The number of carbonyl (C=O) groups is 1. The normalized spacial score (nSPS) is 11.1. The second kappa shape index (κ2) is 6.87. The van der Waals surface area contributed by atoms with Crippen LogP contribution in [0.2, 0.25) is 5.02 Å². The number of benzene rings is 1. The zero-order valence-corrected chi connectivity index (χ0v) is 11.5. The summed E-state index contributed by atoms with van der Waals surface area (Å²) in [5, 5.41) is 3.40. The van der Waals surface area contributed by atoms with Gasteiger partial charge in [-0.25, -0.2) is 0 Å². The minimum absolute atomic E-state index is 0.182. The first-order valence-electron chi connectivity index (χ1n) is 5.62. The molecule has 0 aliphatic rings. The zero-order chi connectivity index (χ0) is 13.5. The minimum atomic E-state index is -0.182. The Balaban J connectivity index is 2.89. The van der Waals surface area contributed by atoms with E-state index >= 15 is 0 Å². The molecule has 1 rings (SSSR count). The summed E-state index contributed by atoms with van der Waals surface area (Å²) in [7, 11) is 3.82. The summed E-state index contributed by atoms with van der Waals surface area (Å²) in [5.74, 6) is -0.182. The molecule has 0 saturated carbocycles. The molecular formula is C14H17ClN2O. The lowest BCUT2D eigenvalue weighted by atomic mass is 10.2. The molecule has 0 atom stereocenters. The number of hydrogen-bond donors (Lipinski definition) is 1. The number of nitrogens with zero attached hydrogens (tertiary/aromatic N) is 1. The Hall–Kier alpha value is -1.74. The fourth-order valence-corrected chi connectivity index (χ4v) is 1.60. The maximum absolute atomic E-state index is 11.7. The highest BCUT2D eigenvalue weighted by Crippen LogP contribution is 2.27. The van der Waals surface area contributed by atoms with Gasteiger partial charge in [0.1, 0.15) is 0 Å². The van der Waals surface area contributed by atoms with Gasteiger partial charge >= 0.3 is 0 Å². The molecule has 0 aliphatic heterocycles. The van der Waals surface area contributed by atoms with Gasteiger partial charge in [0.25, 0.3) is 0 Å². The van der Waals surface area contributed by atoms with Crippen molar-refractivity contribution in [3.05, 3.63) is 47.5 Å². The number of amides is 1. The van der Waals surface area contributed by atoms with Gasteiger partial charge in [-0.3, -0.25) is 4.79 Å². The van der Waals surface area contributed by atoms with Crippen molar-refractivity contribution in [1.29, 1.82) is 0 Å². The molecule has 1 N–H and O–H groups in total. The van der Waals surface area contributed by atoms with E-state index in [9.17, 15) is 4.79 Å². The molecule has 18 heavy (non-hydrogen) atoms.